The Hall–Kier alpha value is -1.00. The van der Waals surface area contributed by atoms with Gasteiger partial charge in [-0.25, -0.2) is 0 Å². The molecule has 20 heavy (non-hydrogen) atoms. The maximum atomic E-state index is 10.9. The van der Waals surface area contributed by atoms with Gasteiger partial charge in [0.2, 0.25) is 0 Å². The molecule has 0 bridgehead atoms. The molecule has 1 aliphatic rings. The van der Waals surface area contributed by atoms with Gasteiger partial charge >= 0.3 is 5.97 Å². The molecule has 0 amide bonds. The number of carboxylic acid groups (broad SMARTS) is 1. The first kappa shape index (κ1) is 15.4. The van der Waals surface area contributed by atoms with E-state index in [0.717, 1.165) is 38.0 Å². The number of benzene rings is 1. The predicted molar refractivity (Wildman–Crippen MR) is 81.2 cm³/mol. The quantitative estimate of drug-likeness (QED) is 0.641. The second-order valence-corrected chi connectivity index (χ2v) is 6.51. The molecular weight excluding hydrogens is 272 g/mol. The number of ether oxygens (including phenoxy) is 1. The van der Waals surface area contributed by atoms with E-state index in [0.29, 0.717) is 0 Å². The molecule has 1 aliphatic carbocycles. The van der Waals surface area contributed by atoms with Crippen molar-refractivity contribution in [1.82, 2.24) is 0 Å². The highest BCUT2D eigenvalue weighted by molar-refractivity contribution is 7.99. The third-order valence-electron chi connectivity index (χ3n) is 3.75. The molecule has 0 aromatic heterocycles. The van der Waals surface area contributed by atoms with Gasteiger partial charge in [0.1, 0.15) is 0 Å². The Morgan fingerprint density at radius 2 is 1.90 bits per heavy atom. The zero-order valence-electron chi connectivity index (χ0n) is 11.9. The SMILES string of the molecule is Cc1ccc(SCCOC2CCC(C(=O)O)CC2)cc1. The first-order valence-corrected chi connectivity index (χ1v) is 8.17. The average Bonchev–Trinajstić information content (AvgIpc) is 2.46. The third-order valence-corrected chi connectivity index (χ3v) is 4.73. The van der Waals surface area contributed by atoms with Crippen LogP contribution >= 0.6 is 11.8 Å². The van der Waals surface area contributed by atoms with Gasteiger partial charge in [-0.3, -0.25) is 4.79 Å². The van der Waals surface area contributed by atoms with Crippen molar-refractivity contribution in [2.24, 2.45) is 5.92 Å². The van der Waals surface area contributed by atoms with E-state index in [2.05, 4.69) is 31.2 Å². The summed E-state index contributed by atoms with van der Waals surface area (Å²) >= 11 is 1.80. The standard InChI is InChI=1S/C16H22O3S/c1-12-2-8-15(9-3-12)20-11-10-19-14-6-4-13(5-7-14)16(17)18/h2-3,8-9,13-14H,4-7,10-11H2,1H3,(H,17,18). The summed E-state index contributed by atoms with van der Waals surface area (Å²) in [6.07, 6.45) is 3.53. The van der Waals surface area contributed by atoms with Gasteiger partial charge in [-0.1, -0.05) is 17.7 Å². The molecule has 2 rings (SSSR count). The minimum absolute atomic E-state index is 0.156. The number of thioether (sulfide) groups is 1. The number of carbonyl (C=O) groups is 1. The van der Waals surface area contributed by atoms with E-state index in [-0.39, 0.29) is 12.0 Å². The van der Waals surface area contributed by atoms with Crippen LogP contribution in [0, 0.1) is 12.8 Å². The van der Waals surface area contributed by atoms with Crippen molar-refractivity contribution in [1.29, 1.82) is 0 Å². The zero-order valence-corrected chi connectivity index (χ0v) is 12.7. The summed E-state index contributed by atoms with van der Waals surface area (Å²) in [6, 6.07) is 8.52. The Labute approximate surface area is 124 Å². The molecule has 1 fully saturated rings. The molecule has 0 atom stereocenters. The topological polar surface area (TPSA) is 46.5 Å². The van der Waals surface area contributed by atoms with E-state index in [1.807, 2.05) is 0 Å². The van der Waals surface area contributed by atoms with E-state index in [1.165, 1.54) is 10.5 Å². The molecule has 1 saturated carbocycles. The third kappa shape index (κ3) is 4.84. The first-order chi connectivity index (χ1) is 9.65. The van der Waals surface area contributed by atoms with Crippen molar-refractivity contribution in [3.63, 3.8) is 0 Å². The van der Waals surface area contributed by atoms with E-state index in [9.17, 15) is 4.79 Å². The maximum absolute atomic E-state index is 10.9. The van der Waals surface area contributed by atoms with Crippen molar-refractivity contribution in [2.75, 3.05) is 12.4 Å². The smallest absolute Gasteiger partial charge is 0.306 e. The lowest BCUT2D eigenvalue weighted by Gasteiger charge is -2.26. The molecule has 0 spiro atoms. The van der Waals surface area contributed by atoms with Crippen molar-refractivity contribution >= 4 is 17.7 Å². The molecule has 1 aromatic rings. The Balaban J connectivity index is 1.60. The molecule has 0 unspecified atom stereocenters. The van der Waals surface area contributed by atoms with E-state index < -0.39 is 5.97 Å². The highest BCUT2D eigenvalue weighted by Crippen LogP contribution is 2.26. The van der Waals surface area contributed by atoms with Gasteiger partial charge in [0.15, 0.2) is 0 Å². The van der Waals surface area contributed by atoms with E-state index >= 15 is 0 Å². The highest BCUT2D eigenvalue weighted by Gasteiger charge is 2.25. The van der Waals surface area contributed by atoms with Crippen LogP contribution in [0.1, 0.15) is 31.2 Å². The minimum atomic E-state index is -0.654. The summed E-state index contributed by atoms with van der Waals surface area (Å²) in [4.78, 5) is 12.1. The minimum Gasteiger partial charge on any atom is -0.481 e. The number of carboxylic acids is 1. The fraction of sp³-hybridized carbons (Fsp3) is 0.562. The molecule has 110 valence electrons. The second kappa shape index (κ2) is 7.70. The van der Waals surface area contributed by atoms with Gasteiger partial charge in [-0.2, -0.15) is 0 Å². The number of rotatable bonds is 6. The van der Waals surface area contributed by atoms with Crippen molar-refractivity contribution in [2.45, 2.75) is 43.6 Å². The number of hydrogen-bond acceptors (Lipinski definition) is 3. The van der Waals surface area contributed by atoms with Gasteiger partial charge < -0.3 is 9.84 Å². The number of aryl methyl sites for hydroxylation is 1. The van der Waals surface area contributed by atoms with E-state index in [4.69, 9.17) is 9.84 Å². The van der Waals surface area contributed by atoms with Crippen LogP contribution in [-0.4, -0.2) is 29.5 Å². The predicted octanol–water partition coefficient (Wildman–Crippen LogP) is 3.75. The normalized spacial score (nSPS) is 22.6. The van der Waals surface area contributed by atoms with Gasteiger partial charge in [-0.05, 0) is 44.7 Å². The largest absolute Gasteiger partial charge is 0.481 e. The summed E-state index contributed by atoms with van der Waals surface area (Å²) in [6.45, 7) is 2.83. The van der Waals surface area contributed by atoms with Crippen LogP contribution in [0.5, 0.6) is 0 Å². The van der Waals surface area contributed by atoms with Crippen LogP contribution in [0.3, 0.4) is 0 Å². The van der Waals surface area contributed by atoms with Crippen LogP contribution < -0.4 is 0 Å². The maximum Gasteiger partial charge on any atom is 0.306 e. The molecule has 4 heteroatoms. The lowest BCUT2D eigenvalue weighted by Crippen LogP contribution is -2.26. The molecule has 0 aliphatic heterocycles. The number of aliphatic carboxylic acids is 1. The number of hydrogen-bond donors (Lipinski definition) is 1. The van der Waals surface area contributed by atoms with Crippen LogP contribution in [0.15, 0.2) is 29.2 Å². The van der Waals surface area contributed by atoms with Gasteiger partial charge in [0.25, 0.3) is 0 Å². The molecule has 0 heterocycles. The Morgan fingerprint density at radius 3 is 2.50 bits per heavy atom. The highest BCUT2D eigenvalue weighted by atomic mass is 32.2. The molecule has 0 saturated heterocycles. The van der Waals surface area contributed by atoms with Crippen LogP contribution in [0.2, 0.25) is 0 Å². The second-order valence-electron chi connectivity index (χ2n) is 5.34. The van der Waals surface area contributed by atoms with Crippen molar-refractivity contribution in [3.05, 3.63) is 29.8 Å². The van der Waals surface area contributed by atoms with Crippen molar-refractivity contribution in [3.8, 4) is 0 Å². The summed E-state index contributed by atoms with van der Waals surface area (Å²) in [7, 11) is 0. The molecule has 0 radical (unpaired) electrons. The average molecular weight is 294 g/mol. The van der Waals surface area contributed by atoms with Crippen LogP contribution in [0.4, 0.5) is 0 Å². The van der Waals surface area contributed by atoms with Crippen LogP contribution in [0.25, 0.3) is 0 Å². The molecular formula is C16H22O3S. The van der Waals surface area contributed by atoms with Gasteiger partial charge in [-0.15, -0.1) is 11.8 Å². The van der Waals surface area contributed by atoms with E-state index in [1.54, 1.807) is 11.8 Å². The first-order valence-electron chi connectivity index (χ1n) is 7.19. The summed E-state index contributed by atoms with van der Waals surface area (Å²) in [5.41, 5.74) is 1.28. The van der Waals surface area contributed by atoms with Gasteiger partial charge in [0.05, 0.1) is 18.6 Å². The zero-order chi connectivity index (χ0) is 14.4. The lowest BCUT2D eigenvalue weighted by molar-refractivity contribution is -0.143. The van der Waals surface area contributed by atoms with Gasteiger partial charge in [0, 0.05) is 10.6 Å². The molecule has 1 N–H and O–H groups in total. The summed E-state index contributed by atoms with van der Waals surface area (Å²) in [5, 5.41) is 8.94. The van der Waals surface area contributed by atoms with Crippen LogP contribution in [-0.2, 0) is 9.53 Å². The Morgan fingerprint density at radius 1 is 1.25 bits per heavy atom. The summed E-state index contributed by atoms with van der Waals surface area (Å²) < 4.78 is 5.84. The Bertz CT molecular complexity index is 422. The monoisotopic (exact) mass is 294 g/mol. The fourth-order valence-electron chi connectivity index (χ4n) is 2.49. The molecule has 1 aromatic carbocycles. The fourth-order valence-corrected chi connectivity index (χ4v) is 3.23. The van der Waals surface area contributed by atoms with Crippen molar-refractivity contribution < 1.29 is 14.6 Å². The Kier molecular flexibility index (Phi) is 5.92. The molecule has 3 nitrogen and oxygen atoms in total. The summed E-state index contributed by atoms with van der Waals surface area (Å²) in [5.74, 6) is 0.136. The lowest BCUT2D eigenvalue weighted by atomic mass is 9.87.